The average molecular weight is 552 g/mol. The van der Waals surface area contributed by atoms with Crippen molar-refractivity contribution in [3.05, 3.63) is 59.3 Å². The number of pyridine rings is 1. The van der Waals surface area contributed by atoms with Gasteiger partial charge < -0.3 is 20.7 Å². The average Bonchev–Trinajstić information content (AvgIpc) is 2.79. The van der Waals surface area contributed by atoms with Gasteiger partial charge in [-0.05, 0) is 29.7 Å². The zero-order valence-electron chi connectivity index (χ0n) is 18.8. The smallest absolute Gasteiger partial charge is 0.227 e. The highest BCUT2D eigenvalue weighted by molar-refractivity contribution is 14.0. The molecule has 1 aromatic heterocycles. The maximum absolute atomic E-state index is 12.1. The Kier molecular flexibility index (Phi) is 11.4. The van der Waals surface area contributed by atoms with Crippen LogP contribution in [0.5, 0.6) is 0 Å². The summed E-state index contributed by atoms with van der Waals surface area (Å²) in [5.41, 5.74) is 3.60. The van der Waals surface area contributed by atoms with Crippen molar-refractivity contribution in [3.63, 3.8) is 0 Å². The standard InChI is InChI=1S/C23H32N6O2.HI/c1-18-7-8-21(26-15-18)28-22(30)9-10-25-23(24-2)27-16-19-5-3-4-6-20(19)17-29-11-13-31-14-12-29;/h3-8,15H,9-14,16-17H2,1-2H3,(H2,24,25,27)(H,26,28,30);1H. The molecule has 3 N–H and O–H groups in total. The van der Waals surface area contributed by atoms with Crippen LogP contribution in [0.25, 0.3) is 0 Å². The molecule has 8 nitrogen and oxygen atoms in total. The molecule has 174 valence electrons. The summed E-state index contributed by atoms with van der Waals surface area (Å²) < 4.78 is 5.44. The van der Waals surface area contributed by atoms with Crippen molar-refractivity contribution in [3.8, 4) is 0 Å². The molecule has 1 saturated heterocycles. The molecule has 1 fully saturated rings. The fraction of sp³-hybridized carbons (Fsp3) is 0.435. The van der Waals surface area contributed by atoms with Crippen molar-refractivity contribution in [2.45, 2.75) is 26.4 Å². The van der Waals surface area contributed by atoms with E-state index < -0.39 is 0 Å². The SMILES string of the molecule is CN=C(NCCC(=O)Nc1ccc(C)cn1)NCc1ccccc1CN1CCOCC1.I. The lowest BCUT2D eigenvalue weighted by Gasteiger charge is -2.27. The van der Waals surface area contributed by atoms with Crippen LogP contribution in [0.3, 0.4) is 0 Å². The number of nitrogens with one attached hydrogen (secondary N) is 3. The van der Waals surface area contributed by atoms with Crippen LogP contribution >= 0.6 is 24.0 Å². The van der Waals surface area contributed by atoms with Crippen LogP contribution < -0.4 is 16.0 Å². The van der Waals surface area contributed by atoms with E-state index in [2.05, 4.69) is 55.1 Å². The van der Waals surface area contributed by atoms with Gasteiger partial charge in [0.1, 0.15) is 5.82 Å². The Labute approximate surface area is 207 Å². The first kappa shape index (κ1) is 26.0. The lowest BCUT2D eigenvalue weighted by atomic mass is 10.1. The summed E-state index contributed by atoms with van der Waals surface area (Å²) in [7, 11) is 1.73. The monoisotopic (exact) mass is 552 g/mol. The Balaban J connectivity index is 0.00000363. The van der Waals surface area contributed by atoms with E-state index in [4.69, 9.17) is 4.74 Å². The normalized spacial score (nSPS) is 14.4. The van der Waals surface area contributed by atoms with E-state index in [1.165, 1.54) is 11.1 Å². The number of rotatable bonds is 8. The van der Waals surface area contributed by atoms with Crippen molar-refractivity contribution in [2.24, 2.45) is 4.99 Å². The highest BCUT2D eigenvalue weighted by Crippen LogP contribution is 2.13. The Hall–Kier alpha value is -2.24. The van der Waals surface area contributed by atoms with Gasteiger partial charge in [0.2, 0.25) is 5.91 Å². The Bertz CT molecular complexity index is 869. The number of guanidine groups is 1. The summed E-state index contributed by atoms with van der Waals surface area (Å²) >= 11 is 0. The number of anilines is 1. The van der Waals surface area contributed by atoms with E-state index in [1.807, 2.05) is 13.0 Å². The zero-order valence-corrected chi connectivity index (χ0v) is 21.1. The van der Waals surface area contributed by atoms with Crippen LogP contribution in [0.1, 0.15) is 23.1 Å². The van der Waals surface area contributed by atoms with E-state index in [0.29, 0.717) is 31.3 Å². The molecule has 1 amide bonds. The third-order valence-electron chi connectivity index (χ3n) is 5.11. The second-order valence-corrected chi connectivity index (χ2v) is 7.53. The third kappa shape index (κ3) is 8.71. The van der Waals surface area contributed by atoms with Gasteiger partial charge in [-0.2, -0.15) is 0 Å². The number of ether oxygens (including phenoxy) is 1. The summed E-state index contributed by atoms with van der Waals surface area (Å²) in [6.07, 6.45) is 2.06. The fourth-order valence-electron chi connectivity index (χ4n) is 3.33. The molecule has 3 rings (SSSR count). The number of aryl methyl sites for hydroxylation is 1. The summed E-state index contributed by atoms with van der Waals surface area (Å²) in [5.74, 6) is 1.15. The van der Waals surface area contributed by atoms with Crippen molar-refractivity contribution < 1.29 is 9.53 Å². The van der Waals surface area contributed by atoms with Gasteiger partial charge in [0.05, 0.1) is 13.2 Å². The second-order valence-electron chi connectivity index (χ2n) is 7.53. The molecule has 0 aliphatic carbocycles. The van der Waals surface area contributed by atoms with Gasteiger partial charge in [0.25, 0.3) is 0 Å². The molecule has 9 heteroatoms. The van der Waals surface area contributed by atoms with Crippen molar-refractivity contribution in [1.29, 1.82) is 0 Å². The summed E-state index contributed by atoms with van der Waals surface area (Å²) in [5, 5.41) is 9.34. The largest absolute Gasteiger partial charge is 0.379 e. The van der Waals surface area contributed by atoms with E-state index >= 15 is 0 Å². The first-order valence-electron chi connectivity index (χ1n) is 10.7. The number of carbonyl (C=O) groups excluding carboxylic acids is 1. The number of hydrogen-bond acceptors (Lipinski definition) is 5. The minimum absolute atomic E-state index is 0. The minimum Gasteiger partial charge on any atom is -0.379 e. The molecule has 0 bridgehead atoms. The molecule has 2 aromatic rings. The molecule has 0 spiro atoms. The second kappa shape index (κ2) is 14.0. The lowest BCUT2D eigenvalue weighted by molar-refractivity contribution is -0.116. The third-order valence-corrected chi connectivity index (χ3v) is 5.11. The van der Waals surface area contributed by atoms with Gasteiger partial charge in [-0.1, -0.05) is 30.3 Å². The number of aromatic nitrogens is 1. The van der Waals surface area contributed by atoms with Crippen LogP contribution in [0.4, 0.5) is 5.82 Å². The number of halogens is 1. The molecule has 0 radical (unpaired) electrons. The summed E-state index contributed by atoms with van der Waals surface area (Å²) in [6, 6.07) is 12.2. The maximum atomic E-state index is 12.1. The maximum Gasteiger partial charge on any atom is 0.227 e. The number of morpholine rings is 1. The Morgan fingerprint density at radius 2 is 1.88 bits per heavy atom. The molecule has 0 unspecified atom stereocenters. The molecular weight excluding hydrogens is 519 g/mol. The van der Waals surface area contributed by atoms with Gasteiger partial charge >= 0.3 is 0 Å². The first-order chi connectivity index (χ1) is 15.1. The minimum atomic E-state index is -0.0878. The van der Waals surface area contributed by atoms with Crippen LogP contribution in [0.2, 0.25) is 0 Å². The molecule has 1 aliphatic rings. The van der Waals surface area contributed by atoms with Gasteiger partial charge in [-0.25, -0.2) is 4.98 Å². The number of amides is 1. The molecule has 32 heavy (non-hydrogen) atoms. The van der Waals surface area contributed by atoms with Gasteiger partial charge in [0.15, 0.2) is 5.96 Å². The van der Waals surface area contributed by atoms with Crippen molar-refractivity contribution >= 4 is 41.7 Å². The van der Waals surface area contributed by atoms with Crippen LogP contribution in [-0.2, 0) is 22.6 Å². The lowest BCUT2D eigenvalue weighted by Crippen LogP contribution is -2.39. The molecule has 1 aliphatic heterocycles. The molecule has 1 aromatic carbocycles. The predicted octanol–water partition coefficient (Wildman–Crippen LogP) is 2.53. The Morgan fingerprint density at radius 1 is 1.12 bits per heavy atom. The quantitative estimate of drug-likeness (QED) is 0.265. The predicted molar refractivity (Wildman–Crippen MR) is 138 cm³/mol. The Morgan fingerprint density at radius 3 is 2.56 bits per heavy atom. The fourth-order valence-corrected chi connectivity index (χ4v) is 3.33. The topological polar surface area (TPSA) is 90.9 Å². The number of benzene rings is 1. The summed E-state index contributed by atoms with van der Waals surface area (Å²) in [6.45, 7) is 7.54. The molecular formula is C23H33IN6O2. The van der Waals surface area contributed by atoms with E-state index in [9.17, 15) is 4.79 Å². The molecule has 0 atom stereocenters. The van der Waals surface area contributed by atoms with E-state index in [0.717, 1.165) is 38.4 Å². The zero-order chi connectivity index (χ0) is 21.9. The van der Waals surface area contributed by atoms with Gasteiger partial charge in [-0.3, -0.25) is 14.7 Å². The molecule has 2 heterocycles. The van der Waals surface area contributed by atoms with E-state index in [-0.39, 0.29) is 29.9 Å². The summed E-state index contributed by atoms with van der Waals surface area (Å²) in [4.78, 5) is 23.0. The highest BCUT2D eigenvalue weighted by Gasteiger charge is 2.13. The number of hydrogen-bond donors (Lipinski definition) is 3. The van der Waals surface area contributed by atoms with Crippen LogP contribution in [-0.4, -0.2) is 61.6 Å². The first-order valence-corrected chi connectivity index (χ1v) is 10.7. The van der Waals surface area contributed by atoms with Gasteiger partial charge in [-0.15, -0.1) is 24.0 Å². The number of carbonyl (C=O) groups is 1. The number of nitrogens with zero attached hydrogens (tertiary/aromatic N) is 3. The number of aliphatic imine (C=N–C) groups is 1. The van der Waals surface area contributed by atoms with Crippen molar-refractivity contribution in [1.82, 2.24) is 20.5 Å². The van der Waals surface area contributed by atoms with Gasteiger partial charge in [0, 0.05) is 52.4 Å². The van der Waals surface area contributed by atoms with E-state index in [1.54, 1.807) is 19.3 Å². The molecule has 0 saturated carbocycles. The highest BCUT2D eigenvalue weighted by atomic mass is 127. The van der Waals surface area contributed by atoms with Crippen LogP contribution in [0, 0.1) is 6.92 Å². The van der Waals surface area contributed by atoms with Crippen LogP contribution in [0.15, 0.2) is 47.6 Å². The van der Waals surface area contributed by atoms with Crippen molar-refractivity contribution in [2.75, 3.05) is 45.2 Å².